The van der Waals surface area contributed by atoms with E-state index in [0.29, 0.717) is 18.4 Å². The summed E-state index contributed by atoms with van der Waals surface area (Å²) in [6.45, 7) is 4.53. The van der Waals surface area contributed by atoms with Crippen molar-refractivity contribution in [3.63, 3.8) is 0 Å². The van der Waals surface area contributed by atoms with E-state index < -0.39 is 10.0 Å². The lowest BCUT2D eigenvalue weighted by Crippen LogP contribution is -2.38. The second-order valence-corrected chi connectivity index (χ2v) is 9.82. The molecule has 8 heteroatoms. The van der Waals surface area contributed by atoms with Crippen LogP contribution in [-0.4, -0.2) is 57.7 Å². The van der Waals surface area contributed by atoms with E-state index in [1.807, 2.05) is 30.3 Å². The highest BCUT2D eigenvalue weighted by molar-refractivity contribution is 7.89. The van der Waals surface area contributed by atoms with Crippen LogP contribution in [-0.2, 0) is 21.2 Å². The summed E-state index contributed by atoms with van der Waals surface area (Å²) in [6.07, 6.45) is 1.27. The number of aromatic amines is 1. The molecule has 2 heterocycles. The fourth-order valence-corrected chi connectivity index (χ4v) is 5.63. The van der Waals surface area contributed by atoms with E-state index in [2.05, 4.69) is 14.6 Å². The fraction of sp³-hybridized carbons (Fsp3) is 0.348. The van der Waals surface area contributed by atoms with Gasteiger partial charge in [-0.2, -0.15) is 0 Å². The number of H-pyrrole nitrogens is 1. The molecule has 31 heavy (non-hydrogen) atoms. The van der Waals surface area contributed by atoms with Gasteiger partial charge in [-0.1, -0.05) is 24.3 Å². The topological polar surface area (TPSA) is 91.5 Å². The third kappa shape index (κ3) is 3.92. The van der Waals surface area contributed by atoms with Crippen molar-refractivity contribution in [1.82, 2.24) is 14.6 Å². The van der Waals surface area contributed by atoms with Gasteiger partial charge in [-0.05, 0) is 47.7 Å². The summed E-state index contributed by atoms with van der Waals surface area (Å²) in [5.41, 5.74) is 3.61. The van der Waals surface area contributed by atoms with Crippen LogP contribution in [0, 0.1) is 0 Å². The average molecular weight is 440 g/mol. The highest BCUT2D eigenvalue weighted by atomic mass is 32.2. The zero-order valence-electron chi connectivity index (χ0n) is 17.2. The zero-order valence-corrected chi connectivity index (χ0v) is 18.0. The van der Waals surface area contributed by atoms with Crippen molar-refractivity contribution in [1.29, 1.82) is 0 Å². The predicted molar refractivity (Wildman–Crippen MR) is 120 cm³/mol. The van der Waals surface area contributed by atoms with Gasteiger partial charge in [0.2, 0.25) is 10.0 Å². The van der Waals surface area contributed by atoms with Crippen molar-refractivity contribution in [3.8, 4) is 11.1 Å². The first-order chi connectivity index (χ1) is 15.0. The van der Waals surface area contributed by atoms with Gasteiger partial charge in [0.15, 0.2) is 0 Å². The second kappa shape index (κ2) is 8.20. The molecule has 0 radical (unpaired) electrons. The first-order valence-corrected chi connectivity index (χ1v) is 12.1. The number of aromatic nitrogens is 1. The summed E-state index contributed by atoms with van der Waals surface area (Å²) < 4.78 is 33.7. The molecule has 2 N–H and O–H groups in total. The molecule has 2 aliphatic rings. The molecular weight excluding hydrogens is 414 g/mol. The number of morpholine rings is 1. The van der Waals surface area contributed by atoms with Crippen molar-refractivity contribution >= 4 is 20.8 Å². The Hall–Kier alpha value is -2.52. The number of ether oxygens (including phenoxy) is 1. The van der Waals surface area contributed by atoms with E-state index in [0.717, 1.165) is 67.0 Å². The Labute approximate surface area is 181 Å². The van der Waals surface area contributed by atoms with Crippen LogP contribution in [0.15, 0.2) is 52.2 Å². The summed E-state index contributed by atoms with van der Waals surface area (Å²) in [5, 5.41) is 1.55. The van der Waals surface area contributed by atoms with E-state index in [1.165, 1.54) is 0 Å². The van der Waals surface area contributed by atoms with Crippen LogP contribution in [0.5, 0.6) is 0 Å². The molecule has 0 saturated carbocycles. The molecule has 1 aliphatic heterocycles. The number of hydrogen-bond donors (Lipinski definition) is 2. The van der Waals surface area contributed by atoms with Gasteiger partial charge >= 0.3 is 0 Å². The lowest BCUT2D eigenvalue weighted by Gasteiger charge is -2.26. The maximum Gasteiger partial charge on any atom is 0.256 e. The summed E-state index contributed by atoms with van der Waals surface area (Å²) in [4.78, 5) is 17.9. The highest BCUT2D eigenvalue weighted by Crippen LogP contribution is 2.40. The molecule has 0 bridgehead atoms. The number of fused-ring (bicyclic) bond motifs is 5. The minimum absolute atomic E-state index is 0.114. The van der Waals surface area contributed by atoms with E-state index in [-0.39, 0.29) is 10.5 Å². The Morgan fingerprint density at radius 1 is 1.06 bits per heavy atom. The maximum absolute atomic E-state index is 12.8. The number of nitrogens with zero attached hydrogens (tertiary/aromatic N) is 1. The van der Waals surface area contributed by atoms with Crippen molar-refractivity contribution in [2.24, 2.45) is 0 Å². The van der Waals surface area contributed by atoms with E-state index in [4.69, 9.17) is 4.74 Å². The lowest BCUT2D eigenvalue weighted by molar-refractivity contribution is 0.0376. The number of hydrogen-bond acceptors (Lipinski definition) is 5. The smallest absolute Gasteiger partial charge is 0.256 e. The molecule has 1 aliphatic carbocycles. The molecule has 5 rings (SSSR count). The molecule has 0 atom stereocenters. The second-order valence-electron chi connectivity index (χ2n) is 8.05. The molecule has 2 aromatic carbocycles. The third-order valence-corrected chi connectivity index (χ3v) is 7.54. The molecule has 0 unspecified atom stereocenters. The van der Waals surface area contributed by atoms with Gasteiger partial charge in [0.25, 0.3) is 5.56 Å². The molecule has 3 aromatic rings. The van der Waals surface area contributed by atoms with Gasteiger partial charge < -0.3 is 9.72 Å². The molecular formula is C23H25N3O4S. The third-order valence-electron chi connectivity index (χ3n) is 6.08. The highest BCUT2D eigenvalue weighted by Gasteiger charge is 2.25. The van der Waals surface area contributed by atoms with Crippen LogP contribution in [0.25, 0.3) is 21.9 Å². The van der Waals surface area contributed by atoms with Crippen LogP contribution in [0.1, 0.15) is 17.7 Å². The van der Waals surface area contributed by atoms with Crippen molar-refractivity contribution in [3.05, 3.63) is 64.1 Å². The van der Waals surface area contributed by atoms with Crippen LogP contribution in [0.4, 0.5) is 0 Å². The zero-order chi connectivity index (χ0) is 21.4. The number of nitrogens with one attached hydrogen (secondary N) is 2. The summed E-state index contributed by atoms with van der Waals surface area (Å²) in [6, 6.07) is 12.8. The lowest BCUT2D eigenvalue weighted by atomic mass is 10.0. The summed E-state index contributed by atoms with van der Waals surface area (Å²) in [5.74, 6) is 0. The van der Waals surface area contributed by atoms with Gasteiger partial charge in [0.05, 0.1) is 18.1 Å². The maximum atomic E-state index is 12.8. The van der Waals surface area contributed by atoms with Crippen LogP contribution in [0.2, 0.25) is 0 Å². The van der Waals surface area contributed by atoms with Gasteiger partial charge in [-0.3, -0.25) is 9.69 Å². The van der Waals surface area contributed by atoms with Crippen LogP contribution in [0.3, 0.4) is 0 Å². The fourth-order valence-electron chi connectivity index (χ4n) is 4.50. The Bertz CT molecular complexity index is 1290. The Kier molecular flexibility index (Phi) is 5.39. The molecule has 162 valence electrons. The minimum Gasteiger partial charge on any atom is -0.379 e. The average Bonchev–Trinajstić information content (AvgIpc) is 3.15. The Morgan fingerprint density at radius 2 is 1.84 bits per heavy atom. The van der Waals surface area contributed by atoms with Crippen LogP contribution < -0.4 is 10.3 Å². The molecule has 1 fully saturated rings. The van der Waals surface area contributed by atoms with Crippen LogP contribution >= 0.6 is 0 Å². The number of pyridine rings is 1. The SMILES string of the molecule is O=c1[nH]c2c(c3ccccc13)-c1ccc(S(=O)(=O)NCCCN3CCOCC3)cc1C2. The largest absolute Gasteiger partial charge is 0.379 e. The van der Waals surface area contributed by atoms with E-state index >= 15 is 0 Å². The van der Waals surface area contributed by atoms with Gasteiger partial charge in [-0.15, -0.1) is 0 Å². The Balaban J connectivity index is 1.34. The van der Waals surface area contributed by atoms with Crippen molar-refractivity contribution in [2.75, 3.05) is 39.4 Å². The van der Waals surface area contributed by atoms with Gasteiger partial charge in [-0.25, -0.2) is 13.1 Å². The first-order valence-electron chi connectivity index (χ1n) is 10.6. The minimum atomic E-state index is -3.59. The normalized spacial score (nSPS) is 16.4. The van der Waals surface area contributed by atoms with Gasteiger partial charge in [0.1, 0.15) is 0 Å². The van der Waals surface area contributed by atoms with Gasteiger partial charge in [0, 0.05) is 42.7 Å². The predicted octanol–water partition coefficient (Wildman–Crippen LogP) is 2.10. The number of benzene rings is 2. The summed E-state index contributed by atoms with van der Waals surface area (Å²) >= 11 is 0. The Morgan fingerprint density at radius 3 is 2.65 bits per heavy atom. The standard InChI is InChI=1S/C23H25N3O4S/c27-23-20-5-2-1-4-19(20)22-18-7-6-17(14-16(18)15-21(22)25-23)31(28,29)24-8-3-9-26-10-12-30-13-11-26/h1-2,4-7,14,24H,3,8-13,15H2,(H,25,27). The number of rotatable bonds is 6. The molecule has 1 saturated heterocycles. The van der Waals surface area contributed by atoms with Crippen molar-refractivity contribution in [2.45, 2.75) is 17.7 Å². The quantitative estimate of drug-likeness (QED) is 0.449. The van der Waals surface area contributed by atoms with E-state index in [9.17, 15) is 13.2 Å². The summed E-state index contributed by atoms with van der Waals surface area (Å²) in [7, 11) is -3.59. The molecule has 1 aromatic heterocycles. The molecule has 7 nitrogen and oxygen atoms in total. The van der Waals surface area contributed by atoms with E-state index in [1.54, 1.807) is 12.1 Å². The first kappa shape index (κ1) is 20.4. The number of sulfonamides is 1. The molecule has 0 spiro atoms. The monoisotopic (exact) mass is 439 g/mol. The molecule has 0 amide bonds. The van der Waals surface area contributed by atoms with Crippen molar-refractivity contribution < 1.29 is 13.2 Å².